The molecular formula is C10H13ClN2O4S. The van der Waals surface area contributed by atoms with E-state index in [1.165, 1.54) is 23.1 Å². The Kier molecular flexibility index (Phi) is 4.42. The molecule has 0 aliphatic rings. The number of benzene rings is 1. The van der Waals surface area contributed by atoms with Crippen LogP contribution in [0, 0.1) is 0 Å². The van der Waals surface area contributed by atoms with Crippen LogP contribution in [0.15, 0.2) is 18.2 Å². The molecule has 1 aromatic carbocycles. The zero-order valence-corrected chi connectivity index (χ0v) is 11.7. The third-order valence-corrected chi connectivity index (χ3v) is 2.61. The van der Waals surface area contributed by atoms with E-state index < -0.39 is 10.1 Å². The summed E-state index contributed by atoms with van der Waals surface area (Å²) in [6.07, 6.45) is 0.922. The van der Waals surface area contributed by atoms with Crippen molar-refractivity contribution in [2.45, 2.75) is 0 Å². The molecule has 0 unspecified atom stereocenters. The highest BCUT2D eigenvalue weighted by atomic mass is 35.5. The molecule has 6 nitrogen and oxygen atoms in total. The van der Waals surface area contributed by atoms with Crippen molar-refractivity contribution in [3.8, 4) is 5.75 Å². The van der Waals surface area contributed by atoms with Gasteiger partial charge in [-0.05, 0) is 18.2 Å². The van der Waals surface area contributed by atoms with Crippen LogP contribution in [0.25, 0.3) is 0 Å². The van der Waals surface area contributed by atoms with Crippen molar-refractivity contribution in [3.05, 3.63) is 23.2 Å². The number of carbonyl (C=O) groups is 1. The van der Waals surface area contributed by atoms with Gasteiger partial charge >= 0.3 is 16.1 Å². The molecule has 0 heterocycles. The summed E-state index contributed by atoms with van der Waals surface area (Å²) in [4.78, 5) is 12.7. The number of halogens is 1. The van der Waals surface area contributed by atoms with Crippen LogP contribution in [0.4, 0.5) is 10.5 Å². The highest BCUT2D eigenvalue weighted by molar-refractivity contribution is 7.86. The van der Waals surface area contributed by atoms with Gasteiger partial charge in [0.05, 0.1) is 11.3 Å². The van der Waals surface area contributed by atoms with E-state index >= 15 is 0 Å². The van der Waals surface area contributed by atoms with Gasteiger partial charge in [0.15, 0.2) is 5.75 Å². The predicted molar refractivity (Wildman–Crippen MR) is 69.6 cm³/mol. The normalized spacial score (nSPS) is 10.9. The van der Waals surface area contributed by atoms with Gasteiger partial charge in [-0.1, -0.05) is 11.6 Å². The molecule has 0 aliphatic carbocycles. The minimum Gasteiger partial charge on any atom is -0.381 e. The maximum absolute atomic E-state index is 11.4. The van der Waals surface area contributed by atoms with Gasteiger partial charge < -0.3 is 14.4 Å². The fraction of sp³-hybridized carbons (Fsp3) is 0.300. The van der Waals surface area contributed by atoms with E-state index in [1.807, 2.05) is 0 Å². The lowest BCUT2D eigenvalue weighted by Gasteiger charge is -2.13. The van der Waals surface area contributed by atoms with E-state index in [-0.39, 0.29) is 16.8 Å². The summed E-state index contributed by atoms with van der Waals surface area (Å²) < 4.78 is 26.6. The fourth-order valence-electron chi connectivity index (χ4n) is 1.04. The molecule has 0 atom stereocenters. The average Bonchev–Trinajstić information content (AvgIpc) is 2.20. The van der Waals surface area contributed by atoms with Gasteiger partial charge in [-0.3, -0.25) is 0 Å². The molecule has 1 aromatic rings. The van der Waals surface area contributed by atoms with Crippen LogP contribution in [0.2, 0.25) is 5.02 Å². The molecule has 100 valence electrons. The lowest BCUT2D eigenvalue weighted by Crippen LogP contribution is -2.27. The van der Waals surface area contributed by atoms with E-state index in [9.17, 15) is 13.2 Å². The molecular weight excluding hydrogens is 280 g/mol. The van der Waals surface area contributed by atoms with Crippen LogP contribution in [0.1, 0.15) is 0 Å². The number of urea groups is 1. The molecule has 0 aliphatic heterocycles. The van der Waals surface area contributed by atoms with Crippen molar-refractivity contribution >= 4 is 33.4 Å². The van der Waals surface area contributed by atoms with Crippen LogP contribution in [-0.2, 0) is 10.1 Å². The highest BCUT2D eigenvalue weighted by Crippen LogP contribution is 2.28. The molecule has 0 bridgehead atoms. The smallest absolute Gasteiger partial charge is 0.321 e. The van der Waals surface area contributed by atoms with E-state index in [4.69, 9.17) is 11.6 Å². The van der Waals surface area contributed by atoms with Crippen LogP contribution < -0.4 is 9.50 Å². The van der Waals surface area contributed by atoms with Gasteiger partial charge in [-0.25, -0.2) is 4.79 Å². The number of hydrogen-bond donors (Lipinski definition) is 1. The lowest BCUT2D eigenvalue weighted by molar-refractivity contribution is 0.230. The zero-order valence-electron chi connectivity index (χ0n) is 10.1. The zero-order chi connectivity index (χ0) is 13.9. The fourth-order valence-corrected chi connectivity index (χ4v) is 1.78. The summed E-state index contributed by atoms with van der Waals surface area (Å²) in [6.45, 7) is 0. The molecule has 0 radical (unpaired) electrons. The SMILES string of the molecule is CN(C)C(=O)Nc1ccc(OS(C)(=O)=O)c(Cl)c1. The van der Waals surface area contributed by atoms with Gasteiger partial charge in [-0.2, -0.15) is 8.42 Å². The summed E-state index contributed by atoms with van der Waals surface area (Å²) in [5.41, 5.74) is 0.444. The Bertz CT molecular complexity index is 557. The van der Waals surface area contributed by atoms with Gasteiger partial charge in [0.1, 0.15) is 0 Å². The summed E-state index contributed by atoms with van der Waals surface area (Å²) in [6, 6.07) is 3.95. The van der Waals surface area contributed by atoms with E-state index in [0.29, 0.717) is 5.69 Å². The first kappa shape index (κ1) is 14.6. The topological polar surface area (TPSA) is 75.7 Å². The maximum Gasteiger partial charge on any atom is 0.321 e. The molecule has 1 rings (SSSR count). The maximum atomic E-state index is 11.4. The average molecular weight is 293 g/mol. The Morgan fingerprint density at radius 3 is 2.44 bits per heavy atom. The molecule has 0 saturated carbocycles. The second kappa shape index (κ2) is 5.45. The number of nitrogens with one attached hydrogen (secondary N) is 1. The first-order valence-corrected chi connectivity index (χ1v) is 7.06. The summed E-state index contributed by atoms with van der Waals surface area (Å²) in [7, 11) is -0.438. The third-order valence-electron chi connectivity index (χ3n) is 1.83. The van der Waals surface area contributed by atoms with Crippen LogP contribution in [0.5, 0.6) is 5.75 Å². The highest BCUT2D eigenvalue weighted by Gasteiger charge is 2.11. The molecule has 2 amide bonds. The van der Waals surface area contributed by atoms with Crippen molar-refractivity contribution in [2.75, 3.05) is 25.7 Å². The minimum absolute atomic E-state index is 0.0158. The van der Waals surface area contributed by atoms with Crippen LogP contribution in [0.3, 0.4) is 0 Å². The monoisotopic (exact) mass is 292 g/mol. The standard InChI is InChI=1S/C10H13ClN2O4S/c1-13(2)10(14)12-7-4-5-9(8(11)6-7)17-18(3,15)16/h4-6H,1-3H3,(H,12,14). The quantitative estimate of drug-likeness (QED) is 0.862. The molecule has 0 spiro atoms. The van der Waals surface area contributed by atoms with Gasteiger partial charge in [0, 0.05) is 19.8 Å². The number of amides is 2. The van der Waals surface area contributed by atoms with Gasteiger partial charge in [0.2, 0.25) is 0 Å². The molecule has 0 aromatic heterocycles. The Morgan fingerprint density at radius 2 is 2.00 bits per heavy atom. The van der Waals surface area contributed by atoms with Crippen LogP contribution >= 0.6 is 11.6 Å². The number of nitrogens with zero attached hydrogens (tertiary/aromatic N) is 1. The molecule has 18 heavy (non-hydrogen) atoms. The molecule has 8 heteroatoms. The number of hydrogen-bond acceptors (Lipinski definition) is 4. The second-order valence-electron chi connectivity index (χ2n) is 3.76. The van der Waals surface area contributed by atoms with E-state index in [2.05, 4.69) is 9.50 Å². The van der Waals surface area contributed by atoms with Gasteiger partial charge in [0.25, 0.3) is 0 Å². The Hall–Kier alpha value is -1.47. The number of rotatable bonds is 3. The molecule has 0 saturated heterocycles. The second-order valence-corrected chi connectivity index (χ2v) is 5.74. The van der Waals surface area contributed by atoms with Crippen molar-refractivity contribution in [3.63, 3.8) is 0 Å². The minimum atomic E-state index is -3.63. The predicted octanol–water partition coefficient (Wildman–Crippen LogP) is 1.77. The molecule has 1 N–H and O–H groups in total. The summed E-state index contributed by atoms with van der Waals surface area (Å²) in [5.74, 6) is 0.0158. The number of anilines is 1. The number of carbonyl (C=O) groups excluding carboxylic acids is 1. The van der Waals surface area contributed by atoms with Crippen molar-refractivity contribution in [2.24, 2.45) is 0 Å². The van der Waals surface area contributed by atoms with Crippen molar-refractivity contribution in [1.82, 2.24) is 4.90 Å². The van der Waals surface area contributed by atoms with E-state index in [0.717, 1.165) is 6.26 Å². The first-order chi connectivity index (χ1) is 8.19. The molecule has 0 fully saturated rings. The van der Waals surface area contributed by atoms with Crippen molar-refractivity contribution in [1.29, 1.82) is 0 Å². The Morgan fingerprint density at radius 1 is 1.39 bits per heavy atom. The van der Waals surface area contributed by atoms with Gasteiger partial charge in [-0.15, -0.1) is 0 Å². The Balaban J connectivity index is 2.89. The third kappa shape index (κ3) is 4.42. The first-order valence-electron chi connectivity index (χ1n) is 4.86. The largest absolute Gasteiger partial charge is 0.381 e. The summed E-state index contributed by atoms with van der Waals surface area (Å²) >= 11 is 5.84. The van der Waals surface area contributed by atoms with Crippen molar-refractivity contribution < 1.29 is 17.4 Å². The van der Waals surface area contributed by atoms with Crippen LogP contribution in [-0.4, -0.2) is 39.7 Å². The van der Waals surface area contributed by atoms with E-state index in [1.54, 1.807) is 14.1 Å². The lowest BCUT2D eigenvalue weighted by atomic mass is 10.3. The summed E-state index contributed by atoms with van der Waals surface area (Å²) in [5, 5.41) is 2.66. The Labute approximate surface area is 111 Å².